The van der Waals surface area contributed by atoms with Gasteiger partial charge < -0.3 is 19.5 Å². The van der Waals surface area contributed by atoms with Crippen LogP contribution in [0.2, 0.25) is 0 Å². The van der Waals surface area contributed by atoms with E-state index in [1.165, 1.54) is 0 Å². The van der Waals surface area contributed by atoms with Gasteiger partial charge in [-0.15, -0.1) is 0 Å². The molecule has 5 heteroatoms. The Hall–Kier alpha value is -2.95. The van der Waals surface area contributed by atoms with E-state index in [1.54, 1.807) is 7.11 Å². The van der Waals surface area contributed by atoms with Crippen LogP contribution in [0, 0.1) is 6.92 Å². The molecule has 1 N–H and O–H groups in total. The highest BCUT2D eigenvalue weighted by Gasteiger charge is 2.15. The minimum Gasteiger partial charge on any atom is -0.494 e. The van der Waals surface area contributed by atoms with Crippen LogP contribution in [0.5, 0.6) is 17.2 Å². The summed E-state index contributed by atoms with van der Waals surface area (Å²) < 4.78 is 17.0. The van der Waals surface area contributed by atoms with Crippen LogP contribution >= 0.6 is 0 Å². The van der Waals surface area contributed by atoms with Crippen LogP contribution in [0.3, 0.4) is 0 Å². The number of para-hydroxylation sites is 1. The summed E-state index contributed by atoms with van der Waals surface area (Å²) in [7, 11) is 1.67. The summed E-state index contributed by atoms with van der Waals surface area (Å²) >= 11 is 0. The van der Waals surface area contributed by atoms with Crippen LogP contribution in [0.1, 0.15) is 30.6 Å². The van der Waals surface area contributed by atoms with Crippen LogP contribution < -0.4 is 19.5 Å². The van der Waals surface area contributed by atoms with E-state index in [4.69, 9.17) is 14.2 Å². The molecule has 0 amide bonds. The number of aryl methyl sites for hydroxylation is 1. The molecule has 0 bridgehead atoms. The lowest BCUT2D eigenvalue weighted by molar-refractivity contribution is 0.297. The Morgan fingerprint density at radius 2 is 1.89 bits per heavy atom. The molecule has 2 heterocycles. The van der Waals surface area contributed by atoms with Gasteiger partial charge in [0.2, 0.25) is 0 Å². The van der Waals surface area contributed by atoms with Crippen molar-refractivity contribution in [1.82, 2.24) is 4.98 Å². The van der Waals surface area contributed by atoms with Crippen molar-refractivity contribution in [2.75, 3.05) is 25.6 Å². The first-order valence-electron chi connectivity index (χ1n) is 9.26. The third kappa shape index (κ3) is 3.50. The zero-order chi connectivity index (χ0) is 18.8. The molecule has 0 aliphatic carbocycles. The van der Waals surface area contributed by atoms with Crippen LogP contribution in [-0.4, -0.2) is 25.3 Å². The molecule has 140 valence electrons. The van der Waals surface area contributed by atoms with Crippen molar-refractivity contribution in [2.45, 2.75) is 26.3 Å². The molecular formula is C22H24N2O3. The fourth-order valence-corrected chi connectivity index (χ4v) is 3.40. The van der Waals surface area contributed by atoms with Crippen LogP contribution in [0.15, 0.2) is 42.5 Å². The van der Waals surface area contributed by atoms with E-state index in [0.717, 1.165) is 51.5 Å². The number of anilines is 1. The number of pyridine rings is 1. The molecule has 1 atom stereocenters. The number of aromatic nitrogens is 1. The normalized spacial score (nSPS) is 14.5. The molecule has 1 unspecified atom stereocenters. The Labute approximate surface area is 159 Å². The molecule has 0 radical (unpaired) electrons. The zero-order valence-electron chi connectivity index (χ0n) is 15.9. The number of nitrogens with one attached hydrogen (secondary N) is 1. The predicted molar refractivity (Wildman–Crippen MR) is 107 cm³/mol. The number of ether oxygens (including phenoxy) is 3. The molecule has 27 heavy (non-hydrogen) atoms. The monoisotopic (exact) mass is 364 g/mol. The first-order valence-corrected chi connectivity index (χ1v) is 9.26. The molecule has 0 fully saturated rings. The lowest BCUT2D eigenvalue weighted by Gasteiger charge is -2.19. The molecule has 0 saturated carbocycles. The molecule has 5 nitrogen and oxygen atoms in total. The minimum atomic E-state index is 0.0957. The van der Waals surface area contributed by atoms with Gasteiger partial charge in [0, 0.05) is 29.2 Å². The van der Waals surface area contributed by atoms with Crippen molar-refractivity contribution in [3.63, 3.8) is 0 Å². The number of nitrogens with zero attached hydrogens (tertiary/aromatic N) is 1. The van der Waals surface area contributed by atoms with Gasteiger partial charge in [-0.1, -0.05) is 18.2 Å². The summed E-state index contributed by atoms with van der Waals surface area (Å²) in [5, 5.41) is 4.67. The standard InChI is InChI=1S/C22H24N2O3/c1-14-12-18(17-6-4-7-20(25-3)22(17)23-14)24-15(2)16-8-9-19-21(13-16)27-11-5-10-26-19/h4,6-9,12-13,15H,5,10-11H2,1-3H3,(H,23,24). The van der Waals surface area contributed by atoms with Crippen molar-refractivity contribution in [3.05, 3.63) is 53.7 Å². The first-order chi connectivity index (χ1) is 13.2. The van der Waals surface area contributed by atoms with Gasteiger partial charge in [-0.25, -0.2) is 4.98 Å². The van der Waals surface area contributed by atoms with Crippen molar-refractivity contribution in [3.8, 4) is 17.2 Å². The summed E-state index contributed by atoms with van der Waals surface area (Å²) in [6.07, 6.45) is 0.905. The molecule has 3 aromatic rings. The van der Waals surface area contributed by atoms with Gasteiger partial charge >= 0.3 is 0 Å². The number of hydrogen-bond donors (Lipinski definition) is 1. The summed E-state index contributed by atoms with van der Waals surface area (Å²) in [5.74, 6) is 2.41. The van der Waals surface area contributed by atoms with Crippen molar-refractivity contribution in [1.29, 1.82) is 0 Å². The first kappa shape index (κ1) is 17.5. The average molecular weight is 364 g/mol. The molecule has 1 aliphatic rings. The lowest BCUT2D eigenvalue weighted by atomic mass is 10.1. The van der Waals surface area contributed by atoms with E-state index in [1.807, 2.05) is 25.1 Å². The van der Waals surface area contributed by atoms with Crippen LogP contribution in [0.25, 0.3) is 10.9 Å². The summed E-state index contributed by atoms with van der Waals surface area (Å²) in [6.45, 7) is 5.52. The molecule has 4 rings (SSSR count). The third-order valence-electron chi connectivity index (χ3n) is 4.79. The zero-order valence-corrected chi connectivity index (χ0v) is 15.9. The highest BCUT2D eigenvalue weighted by atomic mass is 16.5. The summed E-state index contributed by atoms with van der Waals surface area (Å²) in [4.78, 5) is 4.65. The van der Waals surface area contributed by atoms with Crippen LogP contribution in [-0.2, 0) is 0 Å². The fraction of sp³-hybridized carbons (Fsp3) is 0.318. The van der Waals surface area contributed by atoms with Crippen molar-refractivity contribution in [2.24, 2.45) is 0 Å². The maximum absolute atomic E-state index is 5.83. The Balaban J connectivity index is 1.67. The van der Waals surface area contributed by atoms with E-state index in [-0.39, 0.29) is 6.04 Å². The van der Waals surface area contributed by atoms with E-state index < -0.39 is 0 Å². The van der Waals surface area contributed by atoms with Gasteiger partial charge in [0.15, 0.2) is 11.5 Å². The molecule has 1 aliphatic heterocycles. The second kappa shape index (κ2) is 7.35. The van der Waals surface area contributed by atoms with E-state index >= 15 is 0 Å². The van der Waals surface area contributed by atoms with Crippen molar-refractivity contribution < 1.29 is 14.2 Å². The highest BCUT2D eigenvalue weighted by molar-refractivity contribution is 5.95. The third-order valence-corrected chi connectivity index (χ3v) is 4.79. The maximum atomic E-state index is 5.83. The second-order valence-electron chi connectivity index (χ2n) is 6.79. The van der Waals surface area contributed by atoms with Gasteiger partial charge in [-0.3, -0.25) is 0 Å². The predicted octanol–water partition coefficient (Wildman–Crippen LogP) is 4.89. The molecule has 0 saturated heterocycles. The summed E-state index contributed by atoms with van der Waals surface area (Å²) in [6, 6.07) is 14.3. The second-order valence-corrected chi connectivity index (χ2v) is 6.79. The van der Waals surface area contributed by atoms with Crippen LogP contribution in [0.4, 0.5) is 5.69 Å². The van der Waals surface area contributed by atoms with E-state index in [9.17, 15) is 0 Å². The van der Waals surface area contributed by atoms with Crippen molar-refractivity contribution >= 4 is 16.6 Å². The maximum Gasteiger partial charge on any atom is 0.161 e. The van der Waals surface area contributed by atoms with Gasteiger partial charge in [-0.05, 0) is 43.7 Å². The number of fused-ring (bicyclic) bond motifs is 2. The Kier molecular flexibility index (Phi) is 4.75. The largest absolute Gasteiger partial charge is 0.494 e. The Bertz CT molecular complexity index is 971. The Morgan fingerprint density at radius 1 is 1.07 bits per heavy atom. The highest BCUT2D eigenvalue weighted by Crippen LogP contribution is 2.35. The minimum absolute atomic E-state index is 0.0957. The molecular weight excluding hydrogens is 340 g/mol. The lowest BCUT2D eigenvalue weighted by Crippen LogP contribution is -2.08. The Morgan fingerprint density at radius 3 is 2.70 bits per heavy atom. The number of benzene rings is 2. The molecule has 1 aromatic heterocycles. The molecule has 2 aromatic carbocycles. The average Bonchev–Trinajstić information content (AvgIpc) is 2.92. The van der Waals surface area contributed by atoms with E-state index in [2.05, 4.69) is 41.5 Å². The van der Waals surface area contributed by atoms with Gasteiger partial charge in [-0.2, -0.15) is 0 Å². The summed E-state index contributed by atoms with van der Waals surface area (Å²) in [5.41, 5.74) is 3.99. The molecule has 0 spiro atoms. The quantitative estimate of drug-likeness (QED) is 0.715. The van der Waals surface area contributed by atoms with Gasteiger partial charge in [0.1, 0.15) is 11.3 Å². The van der Waals surface area contributed by atoms with E-state index in [0.29, 0.717) is 13.2 Å². The number of rotatable bonds is 4. The number of methoxy groups -OCH3 is 1. The smallest absolute Gasteiger partial charge is 0.161 e. The fourth-order valence-electron chi connectivity index (χ4n) is 3.40. The van der Waals surface area contributed by atoms with Gasteiger partial charge in [0.25, 0.3) is 0 Å². The topological polar surface area (TPSA) is 52.6 Å². The van der Waals surface area contributed by atoms with Gasteiger partial charge in [0.05, 0.1) is 20.3 Å². The number of hydrogen-bond acceptors (Lipinski definition) is 5. The SMILES string of the molecule is COc1cccc2c(NC(C)c3ccc4c(c3)OCCCO4)cc(C)nc12.